The van der Waals surface area contributed by atoms with E-state index < -0.39 is 24.5 Å². The Balaban J connectivity index is 2.06. The Kier molecular flexibility index (Phi) is 6.07. The fraction of sp³-hybridized carbons (Fsp3) is 0.727. The molecule has 108 valence electrons. The van der Waals surface area contributed by atoms with Gasteiger partial charge in [-0.25, -0.2) is 4.79 Å². The van der Waals surface area contributed by atoms with Gasteiger partial charge >= 0.3 is 12.0 Å². The number of carbonyl (C=O) groups excluding carboxylic acids is 2. The van der Waals surface area contributed by atoms with Gasteiger partial charge in [-0.3, -0.25) is 9.59 Å². The smallest absolute Gasteiger partial charge is 0.322 e. The predicted octanol–water partition coefficient (Wildman–Crippen LogP) is -0.946. The Morgan fingerprint density at radius 1 is 1.21 bits per heavy atom. The molecule has 1 rings (SSSR count). The van der Waals surface area contributed by atoms with Crippen LogP contribution in [0.15, 0.2) is 0 Å². The summed E-state index contributed by atoms with van der Waals surface area (Å²) in [6, 6.07) is -0.371. The molecular weight excluding hydrogens is 254 g/mol. The molecule has 0 unspecified atom stereocenters. The Morgan fingerprint density at radius 3 is 2.47 bits per heavy atom. The molecule has 0 aliphatic heterocycles. The lowest BCUT2D eigenvalue weighted by molar-refractivity contribution is -0.137. The number of carboxylic acid groups (broad SMARTS) is 1. The summed E-state index contributed by atoms with van der Waals surface area (Å²) in [4.78, 5) is 32.7. The monoisotopic (exact) mass is 273 g/mol. The summed E-state index contributed by atoms with van der Waals surface area (Å²) in [5.41, 5.74) is 0. The first kappa shape index (κ1) is 15.2. The van der Waals surface area contributed by atoms with Gasteiger partial charge in [-0.1, -0.05) is 0 Å². The van der Waals surface area contributed by atoms with Gasteiger partial charge in [0.15, 0.2) is 0 Å². The minimum absolute atomic E-state index is 0.0682. The fourth-order valence-corrected chi connectivity index (χ4v) is 1.69. The van der Waals surface area contributed by atoms with Gasteiger partial charge in [-0.05, 0) is 19.8 Å². The first-order chi connectivity index (χ1) is 9.01. The standard InChI is InChI=1S/C11H19N3O5/c1-2-19-8-3-7(4-8)14-11(18)13-5-9(15)12-6-10(16)17/h7-8H,2-6H2,1H3,(H,12,15)(H,16,17)(H2,13,14,18). The van der Waals surface area contributed by atoms with E-state index in [1.54, 1.807) is 0 Å². The van der Waals surface area contributed by atoms with Crippen molar-refractivity contribution in [3.63, 3.8) is 0 Å². The predicted molar refractivity (Wildman–Crippen MR) is 65.6 cm³/mol. The Hall–Kier alpha value is -1.83. The highest BCUT2D eigenvalue weighted by molar-refractivity contribution is 5.86. The van der Waals surface area contributed by atoms with Crippen LogP contribution in [0.2, 0.25) is 0 Å². The van der Waals surface area contributed by atoms with Crippen LogP contribution in [-0.4, -0.2) is 54.9 Å². The fourth-order valence-electron chi connectivity index (χ4n) is 1.69. The largest absolute Gasteiger partial charge is 0.480 e. The zero-order chi connectivity index (χ0) is 14.3. The van der Waals surface area contributed by atoms with E-state index in [0.29, 0.717) is 6.61 Å². The molecule has 0 aromatic carbocycles. The SMILES string of the molecule is CCOC1CC(NC(=O)NCC(=O)NCC(=O)O)C1. The first-order valence-corrected chi connectivity index (χ1v) is 6.15. The third-order valence-electron chi connectivity index (χ3n) is 2.68. The van der Waals surface area contributed by atoms with Crippen molar-refractivity contribution in [3.05, 3.63) is 0 Å². The molecule has 0 aromatic heterocycles. The third-order valence-corrected chi connectivity index (χ3v) is 2.68. The summed E-state index contributed by atoms with van der Waals surface area (Å²) >= 11 is 0. The van der Waals surface area contributed by atoms with E-state index in [9.17, 15) is 14.4 Å². The molecule has 0 aromatic rings. The molecule has 8 nitrogen and oxygen atoms in total. The molecule has 1 saturated carbocycles. The van der Waals surface area contributed by atoms with Crippen molar-refractivity contribution >= 4 is 17.9 Å². The topological polar surface area (TPSA) is 117 Å². The molecule has 0 radical (unpaired) electrons. The van der Waals surface area contributed by atoms with E-state index >= 15 is 0 Å². The number of urea groups is 1. The number of carboxylic acids is 1. The second-order valence-electron chi connectivity index (χ2n) is 4.24. The molecule has 1 aliphatic carbocycles. The molecule has 0 atom stereocenters. The highest BCUT2D eigenvalue weighted by atomic mass is 16.5. The zero-order valence-electron chi connectivity index (χ0n) is 10.8. The zero-order valence-corrected chi connectivity index (χ0v) is 10.8. The summed E-state index contributed by atoms with van der Waals surface area (Å²) in [5, 5.41) is 15.5. The second kappa shape index (κ2) is 7.57. The van der Waals surface area contributed by atoms with Gasteiger partial charge in [0.1, 0.15) is 6.54 Å². The van der Waals surface area contributed by atoms with E-state index in [0.717, 1.165) is 12.8 Å². The maximum atomic E-state index is 11.4. The first-order valence-electron chi connectivity index (χ1n) is 6.15. The number of aliphatic carboxylic acids is 1. The minimum Gasteiger partial charge on any atom is -0.480 e. The molecular formula is C11H19N3O5. The van der Waals surface area contributed by atoms with Crippen LogP contribution in [0, 0.1) is 0 Å². The summed E-state index contributed by atoms with van der Waals surface area (Å²) in [7, 11) is 0. The van der Waals surface area contributed by atoms with Crippen molar-refractivity contribution in [1.29, 1.82) is 0 Å². The molecule has 19 heavy (non-hydrogen) atoms. The second-order valence-corrected chi connectivity index (χ2v) is 4.24. The van der Waals surface area contributed by atoms with E-state index in [1.807, 2.05) is 6.92 Å². The van der Waals surface area contributed by atoms with Gasteiger partial charge in [0.25, 0.3) is 0 Å². The van der Waals surface area contributed by atoms with Crippen molar-refractivity contribution in [2.45, 2.75) is 31.9 Å². The lowest BCUT2D eigenvalue weighted by atomic mass is 9.89. The number of rotatable bonds is 7. The summed E-state index contributed by atoms with van der Waals surface area (Å²) in [6.45, 7) is 1.87. The van der Waals surface area contributed by atoms with Crippen LogP contribution < -0.4 is 16.0 Å². The number of ether oxygens (including phenoxy) is 1. The average molecular weight is 273 g/mol. The number of hydrogen-bond donors (Lipinski definition) is 4. The Labute approximate surface area is 110 Å². The van der Waals surface area contributed by atoms with Crippen LogP contribution >= 0.6 is 0 Å². The van der Waals surface area contributed by atoms with Gasteiger partial charge in [-0.2, -0.15) is 0 Å². The van der Waals surface area contributed by atoms with Crippen molar-refractivity contribution in [1.82, 2.24) is 16.0 Å². The number of amides is 3. The molecule has 0 spiro atoms. The molecule has 4 N–H and O–H groups in total. The number of hydrogen-bond acceptors (Lipinski definition) is 4. The Bertz CT molecular complexity index is 341. The van der Waals surface area contributed by atoms with E-state index in [-0.39, 0.29) is 18.7 Å². The van der Waals surface area contributed by atoms with Crippen LogP contribution in [0.3, 0.4) is 0 Å². The van der Waals surface area contributed by atoms with Gasteiger partial charge in [0.2, 0.25) is 5.91 Å². The maximum absolute atomic E-state index is 11.4. The van der Waals surface area contributed by atoms with Crippen molar-refractivity contribution < 1.29 is 24.2 Å². The quantitative estimate of drug-likeness (QED) is 0.477. The summed E-state index contributed by atoms with van der Waals surface area (Å²) in [5.74, 6) is -1.67. The van der Waals surface area contributed by atoms with Gasteiger partial charge in [0, 0.05) is 12.6 Å². The molecule has 0 bridgehead atoms. The molecule has 3 amide bonds. The van der Waals surface area contributed by atoms with Crippen molar-refractivity contribution in [2.24, 2.45) is 0 Å². The van der Waals surface area contributed by atoms with Crippen molar-refractivity contribution in [3.8, 4) is 0 Å². The van der Waals surface area contributed by atoms with E-state index in [1.165, 1.54) is 0 Å². The maximum Gasteiger partial charge on any atom is 0.322 e. The minimum atomic E-state index is -1.13. The number of nitrogens with one attached hydrogen (secondary N) is 3. The molecule has 0 heterocycles. The van der Waals surface area contributed by atoms with E-state index in [2.05, 4.69) is 16.0 Å². The molecule has 1 aliphatic rings. The van der Waals surface area contributed by atoms with Crippen LogP contribution in [0.4, 0.5) is 4.79 Å². The van der Waals surface area contributed by atoms with Gasteiger partial charge < -0.3 is 25.8 Å². The molecule has 8 heteroatoms. The van der Waals surface area contributed by atoms with Gasteiger partial charge in [-0.15, -0.1) is 0 Å². The van der Waals surface area contributed by atoms with Crippen LogP contribution in [0.5, 0.6) is 0 Å². The highest BCUT2D eigenvalue weighted by Gasteiger charge is 2.30. The third kappa shape index (κ3) is 6.05. The van der Waals surface area contributed by atoms with Gasteiger partial charge in [0.05, 0.1) is 12.6 Å². The van der Waals surface area contributed by atoms with Crippen LogP contribution in [-0.2, 0) is 14.3 Å². The molecule has 1 fully saturated rings. The van der Waals surface area contributed by atoms with Crippen LogP contribution in [0.25, 0.3) is 0 Å². The van der Waals surface area contributed by atoms with Crippen molar-refractivity contribution in [2.75, 3.05) is 19.7 Å². The lowest BCUT2D eigenvalue weighted by Gasteiger charge is -2.35. The molecule has 0 saturated heterocycles. The lowest BCUT2D eigenvalue weighted by Crippen LogP contribution is -2.52. The summed E-state index contributed by atoms with van der Waals surface area (Å²) < 4.78 is 5.35. The Morgan fingerprint density at radius 2 is 1.89 bits per heavy atom. The normalized spacial score (nSPS) is 21.1. The number of carbonyl (C=O) groups is 3. The van der Waals surface area contributed by atoms with E-state index in [4.69, 9.17) is 9.84 Å². The van der Waals surface area contributed by atoms with Crippen LogP contribution in [0.1, 0.15) is 19.8 Å². The highest BCUT2D eigenvalue weighted by Crippen LogP contribution is 2.22. The average Bonchev–Trinajstić information content (AvgIpc) is 2.31. The summed E-state index contributed by atoms with van der Waals surface area (Å²) in [6.07, 6.45) is 1.74.